The number of rotatable bonds is 3. The van der Waals surface area contributed by atoms with Crippen LogP contribution in [0.1, 0.15) is 56.1 Å². The predicted molar refractivity (Wildman–Crippen MR) is 89.8 cm³/mol. The molecule has 0 aromatic carbocycles. The number of carbonyl (C=O) groups is 1. The molecule has 1 amide bonds. The van der Waals surface area contributed by atoms with Gasteiger partial charge < -0.3 is 11.1 Å². The number of amides is 1. The van der Waals surface area contributed by atoms with Gasteiger partial charge in [0.1, 0.15) is 5.82 Å². The van der Waals surface area contributed by atoms with Crippen LogP contribution in [0.3, 0.4) is 0 Å². The zero-order valence-electron chi connectivity index (χ0n) is 13.3. The first-order valence-corrected chi connectivity index (χ1v) is 8.72. The molecule has 1 aromatic heterocycles. The minimum atomic E-state index is -0.125. The van der Waals surface area contributed by atoms with Crippen molar-refractivity contribution in [1.29, 1.82) is 0 Å². The van der Waals surface area contributed by atoms with E-state index in [-0.39, 0.29) is 17.4 Å². The number of aromatic nitrogens is 1. The lowest BCUT2D eigenvalue weighted by Crippen LogP contribution is -2.38. The molecule has 4 nitrogen and oxygen atoms in total. The van der Waals surface area contributed by atoms with E-state index in [0.29, 0.717) is 16.6 Å². The minimum absolute atomic E-state index is 0.0412. The van der Waals surface area contributed by atoms with E-state index in [2.05, 4.69) is 37.3 Å². The lowest BCUT2D eigenvalue weighted by molar-refractivity contribution is 0.0938. The number of carbonyl (C=O) groups excluding carboxylic acids is 1. The van der Waals surface area contributed by atoms with Gasteiger partial charge in [0.25, 0.3) is 5.91 Å². The highest BCUT2D eigenvalue weighted by molar-refractivity contribution is 7.99. The average Bonchev–Trinajstić information content (AvgIpc) is 2.84. The predicted octanol–water partition coefficient (Wildman–Crippen LogP) is 2.98. The standard InChI is InChI=1S/C16H25N3OS/c1-16(2,3)13-8-10(9-14(17)19-13)15(20)18-11-6-5-7-12(11)21-4/h8-9,11-12H,5-7H2,1-4H3,(H2,17,19)(H,18,20). The summed E-state index contributed by atoms with van der Waals surface area (Å²) in [5.41, 5.74) is 7.19. The van der Waals surface area contributed by atoms with Gasteiger partial charge in [-0.25, -0.2) is 4.98 Å². The van der Waals surface area contributed by atoms with E-state index in [0.717, 1.165) is 12.1 Å². The van der Waals surface area contributed by atoms with Crippen LogP contribution >= 0.6 is 11.8 Å². The molecule has 1 heterocycles. The Hall–Kier alpha value is -1.23. The van der Waals surface area contributed by atoms with Crippen LogP contribution in [0.4, 0.5) is 5.82 Å². The highest BCUT2D eigenvalue weighted by atomic mass is 32.2. The molecule has 116 valence electrons. The van der Waals surface area contributed by atoms with Crippen LogP contribution in [-0.2, 0) is 5.41 Å². The van der Waals surface area contributed by atoms with Crippen LogP contribution in [0, 0.1) is 0 Å². The Balaban J connectivity index is 2.17. The Bertz CT molecular complexity index is 525. The molecular formula is C16H25N3OS. The number of nitrogen functional groups attached to an aromatic ring is 1. The van der Waals surface area contributed by atoms with E-state index in [1.807, 2.05) is 17.8 Å². The molecule has 1 fully saturated rings. The Labute approximate surface area is 131 Å². The van der Waals surface area contributed by atoms with Crippen LogP contribution in [0.5, 0.6) is 0 Å². The van der Waals surface area contributed by atoms with E-state index in [9.17, 15) is 4.79 Å². The van der Waals surface area contributed by atoms with E-state index in [1.54, 1.807) is 6.07 Å². The van der Waals surface area contributed by atoms with Crippen molar-refractivity contribution in [3.63, 3.8) is 0 Å². The fourth-order valence-electron chi connectivity index (χ4n) is 2.69. The Morgan fingerprint density at radius 3 is 2.71 bits per heavy atom. The van der Waals surface area contributed by atoms with Gasteiger partial charge in [-0.1, -0.05) is 27.2 Å². The van der Waals surface area contributed by atoms with Gasteiger partial charge in [-0.2, -0.15) is 11.8 Å². The van der Waals surface area contributed by atoms with Crippen molar-refractivity contribution in [2.45, 2.75) is 56.7 Å². The smallest absolute Gasteiger partial charge is 0.251 e. The number of hydrogen-bond acceptors (Lipinski definition) is 4. The Morgan fingerprint density at radius 2 is 2.10 bits per heavy atom. The van der Waals surface area contributed by atoms with Gasteiger partial charge in [0, 0.05) is 28.0 Å². The summed E-state index contributed by atoms with van der Waals surface area (Å²) in [5.74, 6) is 0.362. The van der Waals surface area contributed by atoms with Crippen LogP contribution in [0.15, 0.2) is 12.1 Å². The van der Waals surface area contributed by atoms with Gasteiger partial charge in [0.15, 0.2) is 0 Å². The molecule has 1 aromatic rings. The fraction of sp³-hybridized carbons (Fsp3) is 0.625. The minimum Gasteiger partial charge on any atom is -0.384 e. The van der Waals surface area contributed by atoms with Crippen molar-refractivity contribution >= 4 is 23.5 Å². The first-order valence-electron chi connectivity index (χ1n) is 7.43. The van der Waals surface area contributed by atoms with Gasteiger partial charge in [0.05, 0.1) is 0 Å². The maximum absolute atomic E-state index is 12.5. The number of pyridine rings is 1. The molecule has 2 rings (SSSR count). The summed E-state index contributed by atoms with van der Waals surface area (Å²) in [6.07, 6.45) is 5.53. The summed E-state index contributed by atoms with van der Waals surface area (Å²) in [7, 11) is 0. The zero-order valence-corrected chi connectivity index (χ0v) is 14.1. The lowest BCUT2D eigenvalue weighted by Gasteiger charge is -2.21. The van der Waals surface area contributed by atoms with Crippen molar-refractivity contribution in [3.8, 4) is 0 Å². The highest BCUT2D eigenvalue weighted by Crippen LogP contribution is 2.29. The molecule has 0 saturated heterocycles. The molecule has 21 heavy (non-hydrogen) atoms. The summed E-state index contributed by atoms with van der Waals surface area (Å²) in [6.45, 7) is 6.20. The fourth-order valence-corrected chi connectivity index (χ4v) is 3.63. The van der Waals surface area contributed by atoms with Gasteiger partial charge in [-0.3, -0.25) is 4.79 Å². The quantitative estimate of drug-likeness (QED) is 0.901. The van der Waals surface area contributed by atoms with E-state index >= 15 is 0 Å². The number of hydrogen-bond donors (Lipinski definition) is 2. The zero-order chi connectivity index (χ0) is 15.6. The summed E-state index contributed by atoms with van der Waals surface area (Å²) in [6, 6.07) is 3.78. The topological polar surface area (TPSA) is 68.0 Å². The second kappa shape index (κ2) is 6.26. The van der Waals surface area contributed by atoms with Crippen molar-refractivity contribution in [3.05, 3.63) is 23.4 Å². The SMILES string of the molecule is CSC1CCCC1NC(=O)c1cc(N)nc(C(C)(C)C)c1. The number of nitrogens with one attached hydrogen (secondary N) is 1. The van der Waals surface area contributed by atoms with Crippen molar-refractivity contribution in [2.24, 2.45) is 0 Å². The molecular weight excluding hydrogens is 282 g/mol. The van der Waals surface area contributed by atoms with E-state index < -0.39 is 0 Å². The Kier molecular flexibility index (Phi) is 4.81. The van der Waals surface area contributed by atoms with Crippen LogP contribution in [0.25, 0.3) is 0 Å². The molecule has 0 aliphatic heterocycles. The first kappa shape index (κ1) is 16.1. The number of thioether (sulfide) groups is 1. The Morgan fingerprint density at radius 1 is 1.38 bits per heavy atom. The molecule has 0 radical (unpaired) electrons. The molecule has 0 bridgehead atoms. The number of nitrogens with two attached hydrogens (primary N) is 1. The van der Waals surface area contributed by atoms with Crippen molar-refractivity contribution in [2.75, 3.05) is 12.0 Å². The van der Waals surface area contributed by atoms with Gasteiger partial charge >= 0.3 is 0 Å². The summed E-state index contributed by atoms with van der Waals surface area (Å²) in [5, 5.41) is 3.68. The molecule has 2 unspecified atom stereocenters. The third kappa shape index (κ3) is 3.90. The summed E-state index contributed by atoms with van der Waals surface area (Å²) < 4.78 is 0. The second-order valence-electron chi connectivity index (χ2n) is 6.70. The highest BCUT2D eigenvalue weighted by Gasteiger charge is 2.28. The van der Waals surface area contributed by atoms with E-state index in [1.165, 1.54) is 12.8 Å². The lowest BCUT2D eigenvalue weighted by atomic mass is 9.90. The average molecular weight is 307 g/mol. The maximum atomic E-state index is 12.5. The molecule has 1 saturated carbocycles. The normalized spacial score (nSPS) is 22.3. The molecule has 1 aliphatic rings. The number of anilines is 1. The summed E-state index contributed by atoms with van der Waals surface area (Å²) >= 11 is 1.84. The maximum Gasteiger partial charge on any atom is 0.251 e. The molecule has 0 spiro atoms. The van der Waals surface area contributed by atoms with Gasteiger partial charge in [-0.05, 0) is 31.2 Å². The van der Waals surface area contributed by atoms with Crippen molar-refractivity contribution in [1.82, 2.24) is 10.3 Å². The molecule has 2 atom stereocenters. The van der Waals surface area contributed by atoms with Gasteiger partial charge in [-0.15, -0.1) is 0 Å². The third-order valence-electron chi connectivity index (χ3n) is 3.95. The van der Waals surface area contributed by atoms with Crippen LogP contribution in [-0.4, -0.2) is 28.4 Å². The monoisotopic (exact) mass is 307 g/mol. The summed E-state index contributed by atoms with van der Waals surface area (Å²) in [4.78, 5) is 16.8. The molecule has 3 N–H and O–H groups in total. The van der Waals surface area contributed by atoms with Crippen LogP contribution in [0.2, 0.25) is 0 Å². The van der Waals surface area contributed by atoms with Crippen molar-refractivity contribution < 1.29 is 4.79 Å². The third-order valence-corrected chi connectivity index (χ3v) is 5.12. The van der Waals surface area contributed by atoms with Gasteiger partial charge in [0.2, 0.25) is 0 Å². The van der Waals surface area contributed by atoms with E-state index in [4.69, 9.17) is 5.73 Å². The first-order chi connectivity index (χ1) is 9.81. The van der Waals surface area contributed by atoms with Crippen LogP contribution < -0.4 is 11.1 Å². The molecule has 1 aliphatic carbocycles. The molecule has 5 heteroatoms. The largest absolute Gasteiger partial charge is 0.384 e. The number of nitrogens with zero attached hydrogens (tertiary/aromatic N) is 1. The second-order valence-corrected chi connectivity index (χ2v) is 7.78.